The Balaban J connectivity index is 1.70. The average Bonchev–Trinajstić information content (AvgIpc) is 2.87. The summed E-state index contributed by atoms with van der Waals surface area (Å²) < 4.78 is 82.0. The number of piperidine rings is 1. The van der Waals surface area contributed by atoms with Crippen LogP contribution in [0.2, 0.25) is 0 Å². The summed E-state index contributed by atoms with van der Waals surface area (Å²) in [6.45, 7) is 1.89. The topological polar surface area (TPSA) is 72.1 Å². The monoisotopic (exact) mass is 552 g/mol. The molecule has 1 saturated heterocycles. The first kappa shape index (κ1) is 27.6. The average molecular weight is 553 g/mol. The number of nitrogens with two attached hydrogens (primary N) is 1. The lowest BCUT2D eigenvalue weighted by Gasteiger charge is -2.25. The van der Waals surface area contributed by atoms with E-state index in [1.54, 1.807) is 30.1 Å². The van der Waals surface area contributed by atoms with Crippen molar-refractivity contribution in [3.8, 4) is 11.4 Å². The fourth-order valence-electron chi connectivity index (χ4n) is 3.95. The smallest absolute Gasteiger partial charge is 0.366 e. The van der Waals surface area contributed by atoms with Gasteiger partial charge in [-0.05, 0) is 72.8 Å². The van der Waals surface area contributed by atoms with Crippen molar-refractivity contribution in [2.45, 2.75) is 36.5 Å². The largest absolute Gasteiger partial charge is 0.416 e. The minimum absolute atomic E-state index is 0.0351. The van der Waals surface area contributed by atoms with Gasteiger partial charge >= 0.3 is 12.4 Å². The molecule has 3 aromatic rings. The summed E-state index contributed by atoms with van der Waals surface area (Å²) in [6, 6.07) is 9.65. The SMILES string of the molecule is NC(=O)/C(=C/c1ccnc(-c2cc(C(F)(F)F)cc(C(F)(F)F)c2)n1)c1cccc(SN2CCCCC2)c1. The van der Waals surface area contributed by atoms with Crippen molar-refractivity contribution in [3.05, 3.63) is 77.1 Å². The molecule has 2 N–H and O–H groups in total. The zero-order valence-corrected chi connectivity index (χ0v) is 20.6. The lowest BCUT2D eigenvalue weighted by Crippen LogP contribution is -2.22. The summed E-state index contributed by atoms with van der Waals surface area (Å²) in [6.07, 6.45) is -4.12. The fraction of sp³-hybridized carbons (Fsp3) is 0.269. The van der Waals surface area contributed by atoms with Crippen LogP contribution in [0.4, 0.5) is 26.3 Å². The van der Waals surface area contributed by atoms with Crippen LogP contribution in [0.1, 0.15) is 41.6 Å². The molecule has 0 saturated carbocycles. The van der Waals surface area contributed by atoms with Gasteiger partial charge in [0.25, 0.3) is 0 Å². The van der Waals surface area contributed by atoms with Gasteiger partial charge in [-0.2, -0.15) is 26.3 Å². The zero-order valence-electron chi connectivity index (χ0n) is 19.8. The Bertz CT molecular complexity index is 1320. The first-order chi connectivity index (χ1) is 17.9. The standard InChI is InChI=1S/C26H22F6N4OS/c27-25(28,29)18-11-17(12-19(14-18)26(30,31)32)24-34-8-7-20(35-24)15-22(23(33)37)16-5-4-6-21(13-16)38-36-9-2-1-3-10-36/h4-8,11-15H,1-3,9-10H2,(H2,33,37)/b22-15+. The maximum absolute atomic E-state index is 13.3. The second-order valence-corrected chi connectivity index (χ2v) is 9.80. The highest BCUT2D eigenvalue weighted by molar-refractivity contribution is 7.97. The molecular weight excluding hydrogens is 530 g/mol. The highest BCUT2D eigenvalue weighted by atomic mass is 32.2. The Kier molecular flexibility index (Phi) is 8.12. The molecule has 0 atom stereocenters. The maximum Gasteiger partial charge on any atom is 0.416 e. The van der Waals surface area contributed by atoms with Crippen molar-refractivity contribution in [2.24, 2.45) is 5.73 Å². The van der Waals surface area contributed by atoms with E-state index in [1.807, 2.05) is 6.07 Å². The van der Waals surface area contributed by atoms with Gasteiger partial charge in [0, 0.05) is 35.3 Å². The van der Waals surface area contributed by atoms with Gasteiger partial charge in [0.1, 0.15) is 0 Å². The molecule has 1 aliphatic rings. The third-order valence-corrected chi connectivity index (χ3v) is 6.86. The van der Waals surface area contributed by atoms with E-state index in [4.69, 9.17) is 5.73 Å². The quantitative estimate of drug-likeness (QED) is 0.209. The van der Waals surface area contributed by atoms with E-state index in [9.17, 15) is 31.1 Å². The Morgan fingerprint density at radius 1 is 0.921 bits per heavy atom. The molecule has 0 radical (unpaired) electrons. The van der Waals surface area contributed by atoms with E-state index in [0.29, 0.717) is 17.7 Å². The molecule has 1 aromatic heterocycles. The number of primary amides is 1. The van der Waals surface area contributed by atoms with Gasteiger partial charge in [-0.25, -0.2) is 14.3 Å². The number of rotatable bonds is 6. The molecule has 0 bridgehead atoms. The predicted octanol–water partition coefficient (Wildman–Crippen LogP) is 6.70. The number of nitrogens with zero attached hydrogens (tertiary/aromatic N) is 3. The Morgan fingerprint density at radius 2 is 1.58 bits per heavy atom. The van der Waals surface area contributed by atoms with E-state index < -0.39 is 35.0 Å². The molecule has 2 aromatic carbocycles. The van der Waals surface area contributed by atoms with E-state index in [0.717, 1.165) is 30.8 Å². The molecule has 1 fully saturated rings. The molecule has 0 aliphatic carbocycles. The maximum atomic E-state index is 13.3. The van der Waals surface area contributed by atoms with Crippen LogP contribution < -0.4 is 5.73 Å². The normalized spacial score (nSPS) is 15.5. The number of aromatic nitrogens is 2. The lowest BCUT2D eigenvalue weighted by molar-refractivity contribution is -0.143. The molecule has 12 heteroatoms. The summed E-state index contributed by atoms with van der Waals surface area (Å²) >= 11 is 1.56. The van der Waals surface area contributed by atoms with Crippen molar-refractivity contribution in [1.82, 2.24) is 14.3 Å². The number of carbonyl (C=O) groups excluding carboxylic acids is 1. The molecule has 0 unspecified atom stereocenters. The molecule has 38 heavy (non-hydrogen) atoms. The van der Waals surface area contributed by atoms with Crippen LogP contribution in [0.5, 0.6) is 0 Å². The highest BCUT2D eigenvalue weighted by Crippen LogP contribution is 2.38. The number of hydrogen-bond acceptors (Lipinski definition) is 5. The van der Waals surface area contributed by atoms with Gasteiger partial charge in [0.05, 0.1) is 16.8 Å². The highest BCUT2D eigenvalue weighted by Gasteiger charge is 2.37. The minimum atomic E-state index is -5.01. The molecule has 1 aliphatic heterocycles. The van der Waals surface area contributed by atoms with Gasteiger partial charge in [0.15, 0.2) is 5.82 Å². The van der Waals surface area contributed by atoms with Crippen LogP contribution in [-0.2, 0) is 17.1 Å². The Labute approximate surface area is 218 Å². The fourth-order valence-corrected chi connectivity index (χ4v) is 5.00. The van der Waals surface area contributed by atoms with Crippen molar-refractivity contribution >= 4 is 29.5 Å². The Morgan fingerprint density at radius 3 is 2.18 bits per heavy atom. The molecule has 200 valence electrons. The van der Waals surface area contributed by atoms with Gasteiger partial charge in [-0.15, -0.1) is 0 Å². The van der Waals surface area contributed by atoms with Gasteiger partial charge in [0.2, 0.25) is 5.91 Å². The van der Waals surface area contributed by atoms with Crippen LogP contribution in [0.3, 0.4) is 0 Å². The summed E-state index contributed by atoms with van der Waals surface area (Å²) in [5.74, 6) is -1.14. The van der Waals surface area contributed by atoms with E-state index >= 15 is 0 Å². The van der Waals surface area contributed by atoms with E-state index in [1.165, 1.54) is 24.8 Å². The van der Waals surface area contributed by atoms with Crippen LogP contribution in [0, 0.1) is 0 Å². The molecule has 1 amide bonds. The number of alkyl halides is 6. The Hall–Kier alpha value is -3.38. The van der Waals surface area contributed by atoms with Crippen LogP contribution in [-0.4, -0.2) is 33.3 Å². The molecule has 5 nitrogen and oxygen atoms in total. The molecule has 2 heterocycles. The van der Waals surface area contributed by atoms with Crippen molar-refractivity contribution < 1.29 is 31.1 Å². The first-order valence-corrected chi connectivity index (χ1v) is 12.4. The van der Waals surface area contributed by atoms with Crippen molar-refractivity contribution in [2.75, 3.05) is 13.1 Å². The summed E-state index contributed by atoms with van der Waals surface area (Å²) in [4.78, 5) is 21.2. The molecular formula is C26H22F6N4OS. The van der Waals surface area contributed by atoms with Crippen molar-refractivity contribution in [1.29, 1.82) is 0 Å². The number of benzene rings is 2. The second kappa shape index (κ2) is 11.2. The van der Waals surface area contributed by atoms with Gasteiger partial charge in [-0.3, -0.25) is 4.79 Å². The number of amides is 1. The zero-order chi connectivity index (χ0) is 27.5. The van der Waals surface area contributed by atoms with E-state index in [-0.39, 0.29) is 23.2 Å². The lowest BCUT2D eigenvalue weighted by atomic mass is 10.0. The third-order valence-electron chi connectivity index (χ3n) is 5.78. The van der Waals surface area contributed by atoms with Crippen LogP contribution in [0.15, 0.2) is 59.6 Å². The second-order valence-electron chi connectivity index (χ2n) is 8.63. The number of halogens is 6. The van der Waals surface area contributed by atoms with Crippen molar-refractivity contribution in [3.63, 3.8) is 0 Å². The van der Waals surface area contributed by atoms with Crippen LogP contribution >= 0.6 is 11.9 Å². The minimum Gasteiger partial charge on any atom is -0.366 e. The van der Waals surface area contributed by atoms with E-state index in [2.05, 4.69) is 14.3 Å². The van der Waals surface area contributed by atoms with Gasteiger partial charge < -0.3 is 5.73 Å². The van der Waals surface area contributed by atoms with Crippen LogP contribution in [0.25, 0.3) is 23.0 Å². The predicted molar refractivity (Wildman–Crippen MR) is 132 cm³/mol. The number of hydrogen-bond donors (Lipinski definition) is 1. The number of carbonyl (C=O) groups is 1. The summed E-state index contributed by atoms with van der Waals surface area (Å²) in [7, 11) is 0. The molecule has 4 rings (SSSR count). The summed E-state index contributed by atoms with van der Waals surface area (Å²) in [5.41, 5.74) is 2.85. The van der Waals surface area contributed by atoms with Gasteiger partial charge in [-0.1, -0.05) is 18.6 Å². The third kappa shape index (κ3) is 6.93. The molecule has 0 spiro atoms. The summed E-state index contributed by atoms with van der Waals surface area (Å²) in [5, 5.41) is 0. The first-order valence-electron chi connectivity index (χ1n) is 11.6.